The minimum atomic E-state index is -4.35. The van der Waals surface area contributed by atoms with Crippen molar-refractivity contribution >= 4 is 0 Å². The van der Waals surface area contributed by atoms with Gasteiger partial charge in [0.05, 0.1) is 6.61 Å². The van der Waals surface area contributed by atoms with Crippen LogP contribution in [0.5, 0.6) is 0 Å². The molecule has 0 N–H and O–H groups in total. The Hall–Kier alpha value is -2.73. The van der Waals surface area contributed by atoms with E-state index < -0.39 is 12.3 Å². The van der Waals surface area contributed by atoms with Gasteiger partial charge in [0.15, 0.2) is 11.9 Å². The Kier molecular flexibility index (Phi) is 14.3. The molecule has 3 nitrogen and oxygen atoms in total. The molecule has 0 bridgehead atoms. The fourth-order valence-electron chi connectivity index (χ4n) is 5.00. The Morgan fingerprint density at radius 2 is 1.12 bits per heavy atom. The maximum absolute atomic E-state index is 13.4. The number of benzene rings is 2. The molecule has 3 aromatic rings. The zero-order valence-corrected chi connectivity index (χ0v) is 24.9. The molecular weight excluding hydrogens is 521 g/mol. The average molecular weight is 569 g/mol. The van der Waals surface area contributed by atoms with E-state index >= 15 is 0 Å². The minimum Gasteiger partial charge on any atom is -0.364 e. The number of unbranched alkanes of at least 4 members (excludes halogenated alkanes) is 10. The van der Waals surface area contributed by atoms with Crippen LogP contribution in [0.2, 0.25) is 0 Å². The number of hydrogen-bond donors (Lipinski definition) is 0. The van der Waals surface area contributed by atoms with Crippen LogP contribution in [0.3, 0.4) is 0 Å². The second-order valence-electron chi connectivity index (χ2n) is 11.1. The molecule has 0 fully saturated rings. The quantitative estimate of drug-likeness (QED) is 0.135. The van der Waals surface area contributed by atoms with E-state index in [0.717, 1.165) is 42.4 Å². The second kappa shape index (κ2) is 17.9. The largest absolute Gasteiger partial charge is 0.414 e. The molecule has 0 aliphatic carbocycles. The first-order valence-corrected chi connectivity index (χ1v) is 15.6. The molecule has 0 aliphatic heterocycles. The van der Waals surface area contributed by atoms with Gasteiger partial charge in [0.2, 0.25) is 0 Å². The number of alkyl halides is 3. The molecule has 1 unspecified atom stereocenters. The van der Waals surface area contributed by atoms with Crippen molar-refractivity contribution in [2.75, 3.05) is 0 Å². The van der Waals surface area contributed by atoms with Gasteiger partial charge in [0.25, 0.3) is 0 Å². The molecule has 0 spiro atoms. The lowest BCUT2D eigenvalue weighted by Crippen LogP contribution is -2.31. The Labute approximate surface area is 245 Å². The summed E-state index contributed by atoms with van der Waals surface area (Å²) in [4.78, 5) is 9.08. The fourth-order valence-corrected chi connectivity index (χ4v) is 5.00. The van der Waals surface area contributed by atoms with Gasteiger partial charge in [-0.05, 0) is 36.0 Å². The van der Waals surface area contributed by atoms with Crippen molar-refractivity contribution in [2.45, 2.75) is 123 Å². The van der Waals surface area contributed by atoms with E-state index in [2.05, 4.69) is 41.2 Å². The van der Waals surface area contributed by atoms with E-state index in [4.69, 9.17) is 4.74 Å². The Morgan fingerprint density at radius 1 is 0.610 bits per heavy atom. The molecule has 224 valence electrons. The van der Waals surface area contributed by atoms with E-state index in [1.165, 1.54) is 56.9 Å². The molecule has 3 rings (SSSR count). The van der Waals surface area contributed by atoms with Crippen LogP contribution in [0.1, 0.15) is 108 Å². The van der Waals surface area contributed by atoms with Gasteiger partial charge in [-0.2, -0.15) is 13.2 Å². The third-order valence-corrected chi connectivity index (χ3v) is 7.61. The summed E-state index contributed by atoms with van der Waals surface area (Å²) >= 11 is 0. The summed E-state index contributed by atoms with van der Waals surface area (Å²) in [6.07, 6.45) is 12.6. The first kappa shape index (κ1) is 32.8. The van der Waals surface area contributed by atoms with Gasteiger partial charge in [-0.15, -0.1) is 0 Å². The topological polar surface area (TPSA) is 35.0 Å². The Bertz CT molecular complexity index is 1100. The predicted molar refractivity (Wildman–Crippen MR) is 163 cm³/mol. The van der Waals surface area contributed by atoms with Crippen LogP contribution < -0.4 is 0 Å². The zero-order valence-electron chi connectivity index (χ0n) is 24.9. The van der Waals surface area contributed by atoms with Crippen molar-refractivity contribution in [3.8, 4) is 22.5 Å². The number of ether oxygens (including phenoxy) is 1. The molecule has 0 amide bonds. The highest BCUT2D eigenvalue weighted by atomic mass is 19.4. The van der Waals surface area contributed by atoms with Gasteiger partial charge >= 0.3 is 6.18 Å². The lowest BCUT2D eigenvalue weighted by atomic mass is 10.0. The van der Waals surface area contributed by atoms with Crippen LogP contribution in [0.15, 0.2) is 60.9 Å². The maximum Gasteiger partial charge on any atom is 0.414 e. The number of rotatable bonds is 19. The molecular formula is C35H47F3N2O. The summed E-state index contributed by atoms with van der Waals surface area (Å²) < 4.78 is 45.4. The zero-order chi connectivity index (χ0) is 29.3. The predicted octanol–water partition coefficient (Wildman–Crippen LogP) is 10.9. The normalized spacial score (nSPS) is 12.5. The van der Waals surface area contributed by atoms with Crippen molar-refractivity contribution in [3.63, 3.8) is 0 Å². The molecule has 0 saturated heterocycles. The van der Waals surface area contributed by atoms with Gasteiger partial charge < -0.3 is 4.74 Å². The van der Waals surface area contributed by atoms with Crippen molar-refractivity contribution in [3.05, 3.63) is 72.1 Å². The Balaban J connectivity index is 1.46. The van der Waals surface area contributed by atoms with Crippen LogP contribution >= 0.6 is 0 Å². The molecule has 2 aromatic carbocycles. The first-order valence-electron chi connectivity index (χ1n) is 15.6. The van der Waals surface area contributed by atoms with Crippen LogP contribution in [0, 0.1) is 0 Å². The van der Waals surface area contributed by atoms with Gasteiger partial charge in [0, 0.05) is 23.5 Å². The summed E-state index contributed by atoms with van der Waals surface area (Å²) in [5.41, 5.74) is 4.90. The third kappa shape index (κ3) is 12.0. The second-order valence-corrected chi connectivity index (χ2v) is 11.1. The van der Waals surface area contributed by atoms with Crippen molar-refractivity contribution in [1.82, 2.24) is 9.97 Å². The molecule has 41 heavy (non-hydrogen) atoms. The molecule has 1 atom stereocenters. The number of hydrogen-bond acceptors (Lipinski definition) is 3. The van der Waals surface area contributed by atoms with E-state index in [-0.39, 0.29) is 13.0 Å². The van der Waals surface area contributed by atoms with Gasteiger partial charge in [-0.3, -0.25) is 0 Å². The number of nitrogens with zero attached hydrogens (tertiary/aromatic N) is 2. The summed E-state index contributed by atoms with van der Waals surface area (Å²) in [7, 11) is 0. The number of aryl methyl sites for hydroxylation is 1. The smallest absolute Gasteiger partial charge is 0.364 e. The monoisotopic (exact) mass is 568 g/mol. The summed E-state index contributed by atoms with van der Waals surface area (Å²) in [5, 5.41) is 0. The van der Waals surface area contributed by atoms with E-state index in [9.17, 15) is 13.2 Å². The lowest BCUT2D eigenvalue weighted by Gasteiger charge is -2.21. The maximum atomic E-state index is 13.4. The van der Waals surface area contributed by atoms with Gasteiger partial charge in [0.1, 0.15) is 0 Å². The molecule has 1 heterocycles. The molecule has 1 aromatic heterocycles. The number of aromatic nitrogens is 2. The van der Waals surface area contributed by atoms with Crippen LogP contribution in [0.4, 0.5) is 13.2 Å². The minimum absolute atomic E-state index is 0.00372. The highest BCUT2D eigenvalue weighted by Crippen LogP contribution is 2.28. The number of halogens is 3. The summed E-state index contributed by atoms with van der Waals surface area (Å²) in [6.45, 7) is 4.22. The van der Waals surface area contributed by atoms with Crippen LogP contribution in [-0.2, 0) is 17.8 Å². The molecule has 0 aliphatic rings. The third-order valence-electron chi connectivity index (χ3n) is 7.61. The highest BCUT2D eigenvalue weighted by molar-refractivity contribution is 5.64. The summed E-state index contributed by atoms with van der Waals surface area (Å²) in [5.74, 6) is 0.580. The SMILES string of the molecule is CCCCCCCCCCc1ccc(-c2cnc(-c3ccc(COC(CCCCCC)C(F)(F)F)cc3)nc2)cc1. The van der Waals surface area contributed by atoms with Crippen molar-refractivity contribution in [1.29, 1.82) is 0 Å². The van der Waals surface area contributed by atoms with E-state index in [0.29, 0.717) is 17.8 Å². The fraction of sp³-hybridized carbons (Fsp3) is 0.543. The van der Waals surface area contributed by atoms with Gasteiger partial charge in [-0.1, -0.05) is 133 Å². The average Bonchev–Trinajstić information content (AvgIpc) is 2.98. The van der Waals surface area contributed by atoms with E-state index in [1.54, 1.807) is 12.1 Å². The molecule has 6 heteroatoms. The summed E-state index contributed by atoms with van der Waals surface area (Å²) in [6, 6.07) is 15.9. The Morgan fingerprint density at radius 3 is 1.71 bits per heavy atom. The standard InChI is InChI=1S/C35H47F3N2O/c1-3-5-7-9-10-11-12-13-15-28-17-21-30(22-18-28)32-25-39-34(40-26-32)31-23-19-29(20-24-31)27-41-33(35(36,37)38)16-14-8-6-4-2/h17-26,33H,3-16,27H2,1-2H3. The molecule has 0 radical (unpaired) electrons. The van der Waals surface area contributed by atoms with Crippen molar-refractivity contribution in [2.24, 2.45) is 0 Å². The van der Waals surface area contributed by atoms with Crippen molar-refractivity contribution < 1.29 is 17.9 Å². The van der Waals surface area contributed by atoms with Crippen LogP contribution in [-0.4, -0.2) is 22.2 Å². The van der Waals surface area contributed by atoms with Crippen LogP contribution in [0.25, 0.3) is 22.5 Å². The van der Waals surface area contributed by atoms with E-state index in [1.807, 2.05) is 31.5 Å². The first-order chi connectivity index (χ1) is 19.9. The lowest BCUT2D eigenvalue weighted by molar-refractivity contribution is -0.225. The van der Waals surface area contributed by atoms with Gasteiger partial charge in [-0.25, -0.2) is 9.97 Å². The highest BCUT2D eigenvalue weighted by Gasteiger charge is 2.40. The molecule has 0 saturated carbocycles.